The monoisotopic (exact) mass is 297 g/mol. The van der Waals surface area contributed by atoms with Gasteiger partial charge < -0.3 is 14.8 Å². The molecule has 0 radical (unpaired) electrons. The number of nitrogens with one attached hydrogen (secondary N) is 1. The van der Waals surface area contributed by atoms with Crippen LogP contribution in [0.3, 0.4) is 0 Å². The molecule has 0 saturated heterocycles. The highest BCUT2D eigenvalue weighted by molar-refractivity contribution is 5.88. The third-order valence-electron chi connectivity index (χ3n) is 3.65. The highest BCUT2D eigenvalue weighted by Gasteiger charge is 2.19. The first-order valence-corrected chi connectivity index (χ1v) is 7.23. The van der Waals surface area contributed by atoms with Crippen molar-refractivity contribution >= 4 is 12.0 Å². The second-order valence-electron chi connectivity index (χ2n) is 5.54. The first kappa shape index (κ1) is 14.5. The van der Waals surface area contributed by atoms with Crippen LogP contribution in [0.2, 0.25) is 0 Å². The van der Waals surface area contributed by atoms with E-state index in [-0.39, 0.29) is 11.6 Å². The van der Waals surface area contributed by atoms with Crippen LogP contribution >= 0.6 is 0 Å². The van der Waals surface area contributed by atoms with Crippen LogP contribution in [0.5, 0.6) is 0 Å². The van der Waals surface area contributed by atoms with Crippen LogP contribution in [0, 0.1) is 0 Å². The van der Waals surface area contributed by atoms with Gasteiger partial charge in [-0.2, -0.15) is 0 Å². The maximum atomic E-state index is 12.0. The Morgan fingerprint density at radius 2 is 2.05 bits per heavy atom. The molecule has 1 unspecified atom stereocenters. The van der Waals surface area contributed by atoms with Crippen molar-refractivity contribution in [3.8, 4) is 0 Å². The number of anilines is 1. The predicted molar refractivity (Wildman–Crippen MR) is 87.5 cm³/mol. The predicted octanol–water partition coefficient (Wildman–Crippen LogP) is 1.35. The molecule has 0 aromatic carbocycles. The van der Waals surface area contributed by atoms with Crippen LogP contribution in [-0.2, 0) is 6.54 Å². The van der Waals surface area contributed by atoms with Crippen LogP contribution in [0.1, 0.15) is 17.3 Å². The fourth-order valence-electron chi connectivity index (χ4n) is 2.40. The molecule has 3 heterocycles. The summed E-state index contributed by atoms with van der Waals surface area (Å²) < 4.78 is 2.07. The molecule has 22 heavy (non-hydrogen) atoms. The maximum absolute atomic E-state index is 12.0. The number of likely N-dealkylation sites (N-methyl/N-ethyl adjacent to an activating group) is 1. The topological polar surface area (TPSA) is 62.5 Å². The second kappa shape index (κ2) is 6.11. The highest BCUT2D eigenvalue weighted by Crippen LogP contribution is 2.25. The maximum Gasteiger partial charge on any atom is 0.192 e. The third kappa shape index (κ3) is 2.92. The highest BCUT2D eigenvalue weighted by atomic mass is 16.1. The summed E-state index contributed by atoms with van der Waals surface area (Å²) in [6.07, 6.45) is 6.80. The van der Waals surface area contributed by atoms with Crippen molar-refractivity contribution in [2.75, 3.05) is 26.0 Å². The van der Waals surface area contributed by atoms with Gasteiger partial charge in [-0.05, 0) is 31.8 Å². The van der Waals surface area contributed by atoms with E-state index in [9.17, 15) is 4.79 Å². The van der Waals surface area contributed by atoms with Gasteiger partial charge in [0.1, 0.15) is 12.0 Å². The molecule has 0 amide bonds. The van der Waals surface area contributed by atoms with Gasteiger partial charge in [0, 0.05) is 44.0 Å². The van der Waals surface area contributed by atoms with Crippen molar-refractivity contribution in [1.82, 2.24) is 14.5 Å². The Balaban J connectivity index is 1.94. The SMILES string of the molecule is CN(C)CCn1ccc(=O)c2c1NC(c1ccncc1)N=C2. The number of fused-ring (bicyclic) bond motifs is 1. The zero-order valence-corrected chi connectivity index (χ0v) is 12.7. The van der Waals surface area contributed by atoms with Crippen LogP contribution in [0.15, 0.2) is 46.6 Å². The molecule has 0 fully saturated rings. The fraction of sp³-hybridized carbons (Fsp3) is 0.312. The Bertz CT molecular complexity index is 736. The molecule has 1 aliphatic heterocycles. The van der Waals surface area contributed by atoms with Gasteiger partial charge in [0.05, 0.1) is 5.56 Å². The van der Waals surface area contributed by atoms with E-state index in [4.69, 9.17) is 0 Å². The normalized spacial score (nSPS) is 16.4. The van der Waals surface area contributed by atoms with Gasteiger partial charge >= 0.3 is 0 Å². The molecule has 6 nitrogen and oxygen atoms in total. The Morgan fingerprint density at radius 1 is 1.27 bits per heavy atom. The first-order valence-electron chi connectivity index (χ1n) is 7.23. The Morgan fingerprint density at radius 3 is 2.77 bits per heavy atom. The molecule has 2 aromatic rings. The van der Waals surface area contributed by atoms with Gasteiger partial charge in [-0.15, -0.1) is 0 Å². The van der Waals surface area contributed by atoms with E-state index in [2.05, 4.69) is 24.8 Å². The Hall–Kier alpha value is -2.47. The average Bonchev–Trinajstić information content (AvgIpc) is 2.54. The van der Waals surface area contributed by atoms with Crippen LogP contribution < -0.4 is 10.7 Å². The minimum Gasteiger partial charge on any atom is -0.346 e. The van der Waals surface area contributed by atoms with Gasteiger partial charge in [-0.3, -0.25) is 14.8 Å². The van der Waals surface area contributed by atoms with E-state index in [1.807, 2.05) is 32.4 Å². The lowest BCUT2D eigenvalue weighted by atomic mass is 10.1. The molecule has 6 heteroatoms. The van der Waals surface area contributed by atoms with Gasteiger partial charge in [0.15, 0.2) is 5.43 Å². The van der Waals surface area contributed by atoms with E-state index in [0.717, 1.165) is 24.5 Å². The molecule has 0 aliphatic carbocycles. The smallest absolute Gasteiger partial charge is 0.192 e. The number of aromatic nitrogens is 2. The largest absolute Gasteiger partial charge is 0.346 e. The van der Waals surface area contributed by atoms with Gasteiger partial charge in [0.25, 0.3) is 0 Å². The molecule has 1 atom stereocenters. The lowest BCUT2D eigenvalue weighted by molar-refractivity contribution is 0.384. The average molecular weight is 297 g/mol. The Labute approximate surface area is 129 Å². The van der Waals surface area contributed by atoms with E-state index in [1.54, 1.807) is 24.7 Å². The minimum atomic E-state index is -0.192. The van der Waals surface area contributed by atoms with Crippen molar-refractivity contribution in [1.29, 1.82) is 0 Å². The van der Waals surface area contributed by atoms with Crippen molar-refractivity contribution < 1.29 is 0 Å². The Kier molecular flexibility index (Phi) is 4.02. The van der Waals surface area contributed by atoms with E-state index in [0.29, 0.717) is 5.56 Å². The van der Waals surface area contributed by atoms with Crippen LogP contribution in [0.25, 0.3) is 0 Å². The number of rotatable bonds is 4. The van der Waals surface area contributed by atoms with Gasteiger partial charge in [0.2, 0.25) is 0 Å². The number of nitrogens with zero attached hydrogens (tertiary/aromatic N) is 4. The molecule has 1 aliphatic rings. The molecule has 0 spiro atoms. The van der Waals surface area contributed by atoms with Crippen molar-refractivity contribution in [2.45, 2.75) is 12.7 Å². The summed E-state index contributed by atoms with van der Waals surface area (Å²) in [4.78, 5) is 22.6. The summed E-state index contributed by atoms with van der Waals surface area (Å²) in [5.74, 6) is 0.825. The lowest BCUT2D eigenvalue weighted by Crippen LogP contribution is -2.27. The number of hydrogen-bond acceptors (Lipinski definition) is 5. The van der Waals surface area contributed by atoms with Gasteiger partial charge in [-0.1, -0.05) is 0 Å². The summed E-state index contributed by atoms with van der Waals surface area (Å²) >= 11 is 0. The van der Waals surface area contributed by atoms with E-state index < -0.39 is 0 Å². The number of hydrogen-bond donors (Lipinski definition) is 1. The summed E-state index contributed by atoms with van der Waals surface area (Å²) in [5, 5.41) is 3.37. The molecule has 1 N–H and O–H groups in total. The zero-order chi connectivity index (χ0) is 15.5. The fourth-order valence-corrected chi connectivity index (χ4v) is 2.40. The van der Waals surface area contributed by atoms with Crippen LogP contribution in [0.4, 0.5) is 5.82 Å². The summed E-state index contributed by atoms with van der Waals surface area (Å²) in [7, 11) is 4.06. The molecular weight excluding hydrogens is 278 g/mol. The molecule has 3 rings (SSSR count). The molecule has 114 valence electrons. The van der Waals surface area contributed by atoms with E-state index in [1.165, 1.54) is 0 Å². The zero-order valence-electron chi connectivity index (χ0n) is 12.7. The molecular formula is C16H19N5O. The molecule has 0 saturated carbocycles. The first-order chi connectivity index (χ1) is 10.6. The minimum absolute atomic E-state index is 0.0134. The number of aliphatic imine (C=N–C) groups is 1. The molecule has 2 aromatic heterocycles. The van der Waals surface area contributed by atoms with Crippen LogP contribution in [-0.4, -0.2) is 41.3 Å². The number of pyridine rings is 2. The van der Waals surface area contributed by atoms with Crippen molar-refractivity contribution in [3.63, 3.8) is 0 Å². The third-order valence-corrected chi connectivity index (χ3v) is 3.65. The van der Waals surface area contributed by atoms with Crippen molar-refractivity contribution in [3.05, 3.63) is 58.1 Å². The summed E-state index contributed by atoms with van der Waals surface area (Å²) in [6, 6.07) is 5.44. The standard InChI is InChI=1S/C16H19N5O/c1-20(2)9-10-21-8-5-14(22)13-11-18-15(19-16(13)21)12-3-6-17-7-4-12/h3-8,11,15,19H,9-10H2,1-2H3. The van der Waals surface area contributed by atoms with Crippen molar-refractivity contribution in [2.24, 2.45) is 4.99 Å². The summed E-state index contributed by atoms with van der Waals surface area (Å²) in [6.45, 7) is 1.70. The summed E-state index contributed by atoms with van der Waals surface area (Å²) in [5.41, 5.74) is 1.62. The lowest BCUT2D eigenvalue weighted by Gasteiger charge is -2.25. The van der Waals surface area contributed by atoms with E-state index >= 15 is 0 Å². The molecule has 0 bridgehead atoms. The van der Waals surface area contributed by atoms with Gasteiger partial charge in [-0.25, -0.2) is 0 Å². The quantitative estimate of drug-likeness (QED) is 0.925. The second-order valence-corrected chi connectivity index (χ2v) is 5.54.